The summed E-state index contributed by atoms with van der Waals surface area (Å²) in [5.41, 5.74) is -2.08. The molecule has 5 nitrogen and oxygen atoms in total. The second kappa shape index (κ2) is 4.20. The van der Waals surface area contributed by atoms with E-state index in [1.165, 1.54) is 0 Å². The number of carbonyl (C=O) groups excluding carboxylic acids is 2. The van der Waals surface area contributed by atoms with Gasteiger partial charge in [0.25, 0.3) is 5.91 Å². The van der Waals surface area contributed by atoms with Crippen LogP contribution in [0.5, 0.6) is 0 Å². The van der Waals surface area contributed by atoms with E-state index in [1.807, 2.05) is 27.7 Å². The van der Waals surface area contributed by atoms with Gasteiger partial charge < -0.3 is 14.8 Å². The van der Waals surface area contributed by atoms with Crippen molar-refractivity contribution in [3.8, 4) is 0 Å². The number of nitrogens with one attached hydrogen (secondary N) is 1. The molecule has 0 spiro atoms. The van der Waals surface area contributed by atoms with Crippen molar-refractivity contribution in [1.82, 2.24) is 5.32 Å². The number of fused-ring (bicyclic) bond motifs is 2. The summed E-state index contributed by atoms with van der Waals surface area (Å²) in [6.07, 6.45) is 1.29. The molecule has 1 N–H and O–H groups in total. The van der Waals surface area contributed by atoms with Gasteiger partial charge in [-0.25, -0.2) is 0 Å². The Hall–Kier alpha value is -1.10. The molecule has 0 aromatic heterocycles. The summed E-state index contributed by atoms with van der Waals surface area (Å²) in [5.74, 6) is -0.449. The molecule has 108 valence electrons. The Morgan fingerprint density at radius 2 is 2.05 bits per heavy atom. The lowest BCUT2D eigenvalue weighted by Gasteiger charge is -2.36. The minimum Gasteiger partial charge on any atom is -0.448 e. The van der Waals surface area contributed by atoms with Crippen molar-refractivity contribution in [3.05, 3.63) is 0 Å². The van der Waals surface area contributed by atoms with Crippen LogP contribution in [0.1, 0.15) is 40.5 Å². The van der Waals surface area contributed by atoms with E-state index in [1.54, 1.807) is 7.11 Å². The number of hydrogen-bond donors (Lipinski definition) is 1. The molecule has 1 aliphatic heterocycles. The molecular formula is C14H23NO4. The highest BCUT2D eigenvalue weighted by molar-refractivity contribution is 5.96. The van der Waals surface area contributed by atoms with Crippen LogP contribution in [0.2, 0.25) is 0 Å². The summed E-state index contributed by atoms with van der Waals surface area (Å²) in [6, 6.07) is -0.103. The molecule has 19 heavy (non-hydrogen) atoms. The third-order valence-corrected chi connectivity index (χ3v) is 5.24. The Labute approximate surface area is 114 Å². The van der Waals surface area contributed by atoms with Crippen LogP contribution in [0, 0.1) is 10.8 Å². The van der Waals surface area contributed by atoms with Gasteiger partial charge in [-0.05, 0) is 26.7 Å². The SMILES string of the molecule is COC[C@@H](C)NC(=O)[C@@]12CC[C@@](C)(C(=O)O1)C2(C)C. The fourth-order valence-corrected chi connectivity index (χ4v) is 3.38. The normalized spacial score (nSPS) is 37.0. The highest BCUT2D eigenvalue weighted by Crippen LogP contribution is 2.65. The van der Waals surface area contributed by atoms with Gasteiger partial charge in [0.05, 0.1) is 12.0 Å². The molecule has 2 bridgehead atoms. The number of esters is 1. The average molecular weight is 269 g/mol. The van der Waals surface area contributed by atoms with E-state index in [0.29, 0.717) is 19.4 Å². The Morgan fingerprint density at radius 1 is 1.42 bits per heavy atom. The van der Waals surface area contributed by atoms with Crippen molar-refractivity contribution in [1.29, 1.82) is 0 Å². The highest BCUT2D eigenvalue weighted by atomic mass is 16.6. The zero-order valence-electron chi connectivity index (χ0n) is 12.3. The lowest BCUT2D eigenvalue weighted by Crippen LogP contribution is -2.55. The first kappa shape index (κ1) is 14.3. The molecule has 5 heteroatoms. The van der Waals surface area contributed by atoms with E-state index in [0.717, 1.165) is 0 Å². The highest BCUT2D eigenvalue weighted by Gasteiger charge is 2.75. The van der Waals surface area contributed by atoms with Crippen molar-refractivity contribution >= 4 is 11.9 Å². The fourth-order valence-electron chi connectivity index (χ4n) is 3.38. The van der Waals surface area contributed by atoms with E-state index >= 15 is 0 Å². The summed E-state index contributed by atoms with van der Waals surface area (Å²) >= 11 is 0. The first-order chi connectivity index (χ1) is 8.71. The van der Waals surface area contributed by atoms with Gasteiger partial charge >= 0.3 is 5.97 Å². The second-order valence-electron chi connectivity index (χ2n) is 6.50. The third kappa shape index (κ3) is 1.64. The van der Waals surface area contributed by atoms with Crippen molar-refractivity contribution in [2.75, 3.05) is 13.7 Å². The quantitative estimate of drug-likeness (QED) is 0.780. The maximum absolute atomic E-state index is 12.6. The summed E-state index contributed by atoms with van der Waals surface area (Å²) < 4.78 is 10.5. The van der Waals surface area contributed by atoms with Crippen LogP contribution in [-0.2, 0) is 19.1 Å². The van der Waals surface area contributed by atoms with E-state index < -0.39 is 16.4 Å². The van der Waals surface area contributed by atoms with Gasteiger partial charge in [0.1, 0.15) is 0 Å². The largest absolute Gasteiger partial charge is 0.448 e. The topological polar surface area (TPSA) is 64.6 Å². The predicted molar refractivity (Wildman–Crippen MR) is 69.4 cm³/mol. The van der Waals surface area contributed by atoms with Crippen molar-refractivity contribution in [2.45, 2.75) is 52.2 Å². The summed E-state index contributed by atoms with van der Waals surface area (Å²) in [4.78, 5) is 24.6. The monoisotopic (exact) mass is 269 g/mol. The number of amides is 1. The maximum Gasteiger partial charge on any atom is 0.313 e. The van der Waals surface area contributed by atoms with Crippen LogP contribution in [0.4, 0.5) is 0 Å². The Kier molecular flexibility index (Phi) is 3.16. The summed E-state index contributed by atoms with van der Waals surface area (Å²) in [7, 11) is 1.59. The standard InChI is InChI=1S/C14H23NO4/c1-9(8-18-5)15-10(16)14-7-6-13(4,11(17)19-14)12(14,2)3/h9H,6-8H2,1-5H3,(H,15,16)/t9-,13+,14-/m1/s1. The van der Waals surface area contributed by atoms with Crippen molar-refractivity contribution in [3.63, 3.8) is 0 Å². The minimum absolute atomic E-state index is 0.103. The lowest BCUT2D eigenvalue weighted by molar-refractivity contribution is -0.168. The van der Waals surface area contributed by atoms with Crippen LogP contribution in [0.15, 0.2) is 0 Å². The molecule has 3 atom stereocenters. The van der Waals surface area contributed by atoms with Crippen molar-refractivity contribution < 1.29 is 19.1 Å². The zero-order valence-corrected chi connectivity index (χ0v) is 12.3. The summed E-state index contributed by atoms with van der Waals surface area (Å²) in [5, 5.41) is 2.89. The number of methoxy groups -OCH3 is 1. The van der Waals surface area contributed by atoms with E-state index in [4.69, 9.17) is 9.47 Å². The molecular weight excluding hydrogens is 246 g/mol. The molecule has 1 heterocycles. The predicted octanol–water partition coefficient (Wildman–Crippen LogP) is 1.26. The fraction of sp³-hybridized carbons (Fsp3) is 0.857. The van der Waals surface area contributed by atoms with E-state index in [2.05, 4.69) is 5.32 Å². The number of rotatable bonds is 4. The second-order valence-corrected chi connectivity index (χ2v) is 6.50. The zero-order chi connectivity index (χ0) is 14.5. The van der Waals surface area contributed by atoms with Crippen LogP contribution < -0.4 is 5.32 Å². The smallest absolute Gasteiger partial charge is 0.313 e. The minimum atomic E-state index is -1.03. The van der Waals surface area contributed by atoms with Gasteiger partial charge in [-0.2, -0.15) is 0 Å². The first-order valence-corrected chi connectivity index (χ1v) is 6.74. The van der Waals surface area contributed by atoms with E-state index in [9.17, 15) is 9.59 Å². The van der Waals surface area contributed by atoms with Gasteiger partial charge in [-0.3, -0.25) is 9.59 Å². The van der Waals surface area contributed by atoms with Crippen LogP contribution in [0.3, 0.4) is 0 Å². The van der Waals surface area contributed by atoms with Gasteiger partial charge in [-0.1, -0.05) is 13.8 Å². The van der Waals surface area contributed by atoms with E-state index in [-0.39, 0.29) is 17.9 Å². The molecule has 0 aromatic rings. The molecule has 2 fully saturated rings. The molecule has 0 unspecified atom stereocenters. The molecule has 1 aliphatic carbocycles. The summed E-state index contributed by atoms with van der Waals surface area (Å²) in [6.45, 7) is 8.11. The van der Waals surface area contributed by atoms with Crippen molar-refractivity contribution in [2.24, 2.45) is 10.8 Å². The molecule has 2 aliphatic rings. The first-order valence-electron chi connectivity index (χ1n) is 6.74. The number of ether oxygens (including phenoxy) is 2. The maximum atomic E-state index is 12.6. The van der Waals surface area contributed by atoms with Gasteiger partial charge in [-0.15, -0.1) is 0 Å². The van der Waals surface area contributed by atoms with Crippen LogP contribution in [-0.4, -0.2) is 37.2 Å². The number of hydrogen-bond acceptors (Lipinski definition) is 4. The van der Waals surface area contributed by atoms with Crippen LogP contribution >= 0.6 is 0 Å². The molecule has 1 amide bonds. The van der Waals surface area contributed by atoms with Gasteiger partial charge in [0.15, 0.2) is 5.60 Å². The lowest BCUT2D eigenvalue weighted by atomic mass is 9.66. The molecule has 1 saturated heterocycles. The Morgan fingerprint density at radius 3 is 2.47 bits per heavy atom. The molecule has 0 radical (unpaired) electrons. The Bertz CT molecular complexity index is 420. The van der Waals surface area contributed by atoms with Gasteiger partial charge in [0.2, 0.25) is 0 Å². The van der Waals surface area contributed by atoms with Crippen LogP contribution in [0.25, 0.3) is 0 Å². The Balaban J connectivity index is 2.24. The molecule has 2 rings (SSSR count). The average Bonchev–Trinajstić information content (AvgIpc) is 2.59. The number of carbonyl (C=O) groups is 2. The van der Waals surface area contributed by atoms with Gasteiger partial charge in [0, 0.05) is 18.6 Å². The molecule has 0 aromatic carbocycles. The third-order valence-electron chi connectivity index (χ3n) is 5.24. The molecule has 1 saturated carbocycles.